The average Bonchev–Trinajstić information content (AvgIpc) is 2.31. The van der Waals surface area contributed by atoms with Crippen molar-refractivity contribution in [1.29, 1.82) is 0 Å². The third-order valence-electron chi connectivity index (χ3n) is 3.52. The lowest BCUT2D eigenvalue weighted by molar-refractivity contribution is 0.367. The van der Waals surface area contributed by atoms with E-state index in [-0.39, 0.29) is 5.43 Å². The molecule has 0 aliphatic rings. The molecule has 0 fully saturated rings. The van der Waals surface area contributed by atoms with Crippen LogP contribution in [0.2, 0.25) is 0 Å². The van der Waals surface area contributed by atoms with E-state index in [1.807, 2.05) is 14.1 Å². The van der Waals surface area contributed by atoms with Gasteiger partial charge in [-0.05, 0) is 25.2 Å². The first-order valence-electron chi connectivity index (χ1n) is 6.94. The fourth-order valence-electron chi connectivity index (χ4n) is 2.19. The predicted octanol–water partition coefficient (Wildman–Crippen LogP) is 3.37. The molecule has 19 heavy (non-hydrogen) atoms. The van der Waals surface area contributed by atoms with Crippen molar-refractivity contribution >= 4 is 23.6 Å². The van der Waals surface area contributed by atoms with Crippen LogP contribution in [0.4, 0.5) is 11.4 Å². The molecule has 0 aliphatic heterocycles. The third-order valence-corrected chi connectivity index (χ3v) is 3.90. The van der Waals surface area contributed by atoms with E-state index in [0.717, 1.165) is 37.3 Å². The molecule has 1 aromatic carbocycles. The van der Waals surface area contributed by atoms with Crippen LogP contribution in [-0.4, -0.2) is 27.2 Å². The van der Waals surface area contributed by atoms with Gasteiger partial charge in [0, 0.05) is 27.2 Å². The maximum absolute atomic E-state index is 11.9. The van der Waals surface area contributed by atoms with E-state index in [1.54, 1.807) is 0 Å². The van der Waals surface area contributed by atoms with E-state index in [2.05, 4.69) is 37.5 Å². The van der Waals surface area contributed by atoms with Gasteiger partial charge in [-0.25, -0.2) is 0 Å². The zero-order chi connectivity index (χ0) is 14.8. The molecule has 3 nitrogen and oxygen atoms in total. The number of hydrogen-bond donors (Lipinski definition) is 0. The molecule has 0 heterocycles. The lowest BCUT2D eigenvalue weighted by atomic mass is 9.90. The highest BCUT2D eigenvalue weighted by Crippen LogP contribution is 2.30. The van der Waals surface area contributed by atoms with Gasteiger partial charge in [-0.1, -0.05) is 33.0 Å². The van der Waals surface area contributed by atoms with Crippen LogP contribution in [0, 0.1) is 9.93 Å². The highest BCUT2D eigenvalue weighted by Gasteiger charge is 2.23. The molecular weight excluding hydrogens is 256 g/mol. The molecule has 0 unspecified atom stereocenters. The predicted molar refractivity (Wildman–Crippen MR) is 86.8 cm³/mol. The Kier molecular flexibility index (Phi) is 5.13. The Labute approximate surface area is 121 Å². The van der Waals surface area contributed by atoms with Crippen LogP contribution in [-0.2, 0) is 0 Å². The van der Waals surface area contributed by atoms with E-state index >= 15 is 0 Å². The zero-order valence-electron chi connectivity index (χ0n) is 13.0. The topological polar surface area (TPSA) is 23.6 Å². The smallest absolute Gasteiger partial charge is 0.224 e. The maximum Gasteiger partial charge on any atom is 0.224 e. The molecule has 1 aromatic rings. The molecule has 108 valence electrons. The Balaban J connectivity index is 2.73. The Bertz CT molecular complexity index is 495. The van der Waals surface area contributed by atoms with Crippen LogP contribution < -0.4 is 15.2 Å². The van der Waals surface area contributed by atoms with Crippen LogP contribution >= 0.6 is 12.2 Å². The van der Waals surface area contributed by atoms with Crippen molar-refractivity contribution in [2.75, 3.05) is 37.0 Å². The van der Waals surface area contributed by atoms with E-state index in [0.29, 0.717) is 9.93 Å². The van der Waals surface area contributed by atoms with Gasteiger partial charge in [-0.2, -0.15) is 0 Å². The number of rotatable bonds is 6. The Morgan fingerprint density at radius 3 is 2.16 bits per heavy atom. The van der Waals surface area contributed by atoms with Crippen molar-refractivity contribution in [3.05, 3.63) is 14.7 Å². The van der Waals surface area contributed by atoms with E-state index < -0.39 is 0 Å². The van der Waals surface area contributed by atoms with Gasteiger partial charge in [0.1, 0.15) is 10.2 Å². The normalized spacial score (nSPS) is 11.9. The first kappa shape index (κ1) is 16.2. The summed E-state index contributed by atoms with van der Waals surface area (Å²) in [6.45, 7) is 10.6. The summed E-state index contributed by atoms with van der Waals surface area (Å²) < 4.78 is 0.488. The summed E-state index contributed by atoms with van der Waals surface area (Å²) in [5.41, 5.74) is 2.12. The molecule has 0 saturated carbocycles. The van der Waals surface area contributed by atoms with Gasteiger partial charge in [0.15, 0.2) is 0 Å². The summed E-state index contributed by atoms with van der Waals surface area (Å²) >= 11 is 5.16. The molecule has 0 atom stereocenters. The fourth-order valence-corrected chi connectivity index (χ4v) is 2.54. The summed E-state index contributed by atoms with van der Waals surface area (Å²) in [4.78, 5) is 16.0. The highest BCUT2D eigenvalue weighted by atomic mass is 32.1. The summed E-state index contributed by atoms with van der Waals surface area (Å²) in [5, 5.41) is 0. The van der Waals surface area contributed by atoms with Crippen LogP contribution in [0.3, 0.4) is 0 Å². The summed E-state index contributed by atoms with van der Waals surface area (Å²) in [5.74, 6) is 0. The Hall–Kier alpha value is -0.900. The summed E-state index contributed by atoms with van der Waals surface area (Å²) in [6.07, 6.45) is 2.24. The van der Waals surface area contributed by atoms with E-state index in [9.17, 15) is 4.79 Å². The minimum atomic E-state index is 0.0311. The first-order valence-corrected chi connectivity index (χ1v) is 7.35. The maximum atomic E-state index is 11.9. The van der Waals surface area contributed by atoms with Crippen molar-refractivity contribution in [3.8, 4) is 0 Å². The summed E-state index contributed by atoms with van der Waals surface area (Å²) in [7, 11) is 3.97. The molecular formula is C15H26N2OS. The van der Waals surface area contributed by atoms with Gasteiger partial charge in [-0.15, -0.1) is 0 Å². The standard InChI is InChI=1S/C15H26N2OS/c1-7-16(5)12-11(13(18)14(12)19)17(6)10-8-9-15(2,3)4/h7-10H2,1-6H3. The molecule has 0 spiro atoms. The second-order valence-electron chi connectivity index (χ2n) is 6.46. The SMILES string of the molecule is CCN(C)c1c(N(C)CCCC(C)(C)C)c(=O)c1=S. The summed E-state index contributed by atoms with van der Waals surface area (Å²) in [6, 6.07) is 0. The van der Waals surface area contributed by atoms with Crippen LogP contribution in [0.5, 0.6) is 0 Å². The molecule has 1 rings (SSSR count). The number of hydrogen-bond acceptors (Lipinski definition) is 4. The van der Waals surface area contributed by atoms with Gasteiger partial charge >= 0.3 is 0 Å². The molecule has 4 heteroatoms. The van der Waals surface area contributed by atoms with Gasteiger partial charge in [0.25, 0.3) is 0 Å². The van der Waals surface area contributed by atoms with Crippen LogP contribution in [0.25, 0.3) is 0 Å². The van der Waals surface area contributed by atoms with Crippen molar-refractivity contribution < 1.29 is 0 Å². The second-order valence-corrected chi connectivity index (χ2v) is 6.86. The molecule has 0 saturated heterocycles. The molecule has 0 amide bonds. The van der Waals surface area contributed by atoms with Gasteiger partial charge in [0.2, 0.25) is 5.43 Å². The highest BCUT2D eigenvalue weighted by molar-refractivity contribution is 7.71. The number of nitrogens with zero attached hydrogens (tertiary/aromatic N) is 2. The Morgan fingerprint density at radius 2 is 1.68 bits per heavy atom. The molecule has 0 radical (unpaired) electrons. The Morgan fingerprint density at radius 1 is 1.11 bits per heavy atom. The monoisotopic (exact) mass is 282 g/mol. The minimum Gasteiger partial charge on any atom is -0.372 e. The van der Waals surface area contributed by atoms with Crippen molar-refractivity contribution in [3.63, 3.8) is 0 Å². The quantitative estimate of drug-likeness (QED) is 0.746. The first-order chi connectivity index (χ1) is 8.69. The average molecular weight is 282 g/mol. The molecule has 0 bridgehead atoms. The second kappa shape index (κ2) is 6.04. The lowest BCUT2D eigenvalue weighted by Gasteiger charge is -2.29. The van der Waals surface area contributed by atoms with Crippen LogP contribution in [0.1, 0.15) is 40.5 Å². The molecule has 0 aliphatic carbocycles. The van der Waals surface area contributed by atoms with Gasteiger partial charge < -0.3 is 9.80 Å². The zero-order valence-corrected chi connectivity index (χ0v) is 13.9. The molecule has 0 N–H and O–H groups in total. The molecule has 0 aromatic heterocycles. The van der Waals surface area contributed by atoms with Gasteiger partial charge in [-0.3, -0.25) is 4.79 Å². The third kappa shape index (κ3) is 3.78. The minimum absolute atomic E-state index is 0.0311. The largest absolute Gasteiger partial charge is 0.372 e. The van der Waals surface area contributed by atoms with Crippen LogP contribution in [0.15, 0.2) is 4.79 Å². The fraction of sp³-hybridized carbons (Fsp3) is 0.733. The van der Waals surface area contributed by atoms with E-state index in [1.165, 1.54) is 0 Å². The lowest BCUT2D eigenvalue weighted by Crippen LogP contribution is -2.34. The van der Waals surface area contributed by atoms with Crippen molar-refractivity contribution in [1.82, 2.24) is 0 Å². The van der Waals surface area contributed by atoms with Crippen molar-refractivity contribution in [2.24, 2.45) is 5.41 Å². The van der Waals surface area contributed by atoms with E-state index in [4.69, 9.17) is 12.2 Å². The van der Waals surface area contributed by atoms with Crippen molar-refractivity contribution in [2.45, 2.75) is 40.5 Å². The van der Waals surface area contributed by atoms with Gasteiger partial charge in [0.05, 0.1) is 5.69 Å². The number of anilines is 2.